The SMILES string of the molecule is CSCC(C)N(C)CCCC(C)(C)C(=N)N. The Morgan fingerprint density at radius 1 is 1.50 bits per heavy atom. The van der Waals surface area contributed by atoms with Gasteiger partial charge in [0.1, 0.15) is 0 Å². The highest BCUT2D eigenvalue weighted by Crippen LogP contribution is 2.21. The predicted molar refractivity (Wildman–Crippen MR) is 75.4 cm³/mol. The molecule has 0 aromatic carbocycles. The summed E-state index contributed by atoms with van der Waals surface area (Å²) in [4.78, 5) is 2.38. The summed E-state index contributed by atoms with van der Waals surface area (Å²) >= 11 is 1.89. The van der Waals surface area contributed by atoms with E-state index in [-0.39, 0.29) is 5.41 Å². The molecule has 0 bridgehead atoms. The average Bonchev–Trinajstić information content (AvgIpc) is 2.17. The van der Waals surface area contributed by atoms with Crippen LogP contribution in [-0.4, -0.2) is 42.4 Å². The first-order chi connectivity index (χ1) is 7.31. The van der Waals surface area contributed by atoms with Crippen LogP contribution in [0.25, 0.3) is 0 Å². The zero-order valence-electron chi connectivity index (χ0n) is 11.3. The van der Waals surface area contributed by atoms with Crippen LogP contribution in [-0.2, 0) is 0 Å². The number of amidine groups is 1. The quantitative estimate of drug-likeness (QED) is 0.510. The molecule has 0 aromatic heterocycles. The van der Waals surface area contributed by atoms with Crippen molar-refractivity contribution >= 4 is 17.6 Å². The van der Waals surface area contributed by atoms with Crippen LogP contribution < -0.4 is 5.73 Å². The Bertz CT molecular complexity index is 216. The molecule has 16 heavy (non-hydrogen) atoms. The maximum Gasteiger partial charge on any atom is 0.0963 e. The number of nitrogens with two attached hydrogens (primary N) is 1. The first-order valence-corrected chi connectivity index (χ1v) is 7.24. The molecule has 0 aliphatic carbocycles. The Labute approximate surface area is 105 Å². The third-order valence-corrected chi connectivity index (χ3v) is 4.02. The highest BCUT2D eigenvalue weighted by Gasteiger charge is 2.21. The van der Waals surface area contributed by atoms with E-state index in [0.717, 1.165) is 19.4 Å². The van der Waals surface area contributed by atoms with Gasteiger partial charge in [-0.2, -0.15) is 11.8 Å². The Hall–Kier alpha value is -0.220. The van der Waals surface area contributed by atoms with Gasteiger partial charge in [-0.1, -0.05) is 13.8 Å². The minimum Gasteiger partial charge on any atom is -0.387 e. The average molecular weight is 245 g/mol. The zero-order valence-corrected chi connectivity index (χ0v) is 12.2. The fourth-order valence-electron chi connectivity index (χ4n) is 1.49. The van der Waals surface area contributed by atoms with Crippen LogP contribution in [0.3, 0.4) is 0 Å². The molecule has 0 aliphatic heterocycles. The van der Waals surface area contributed by atoms with Gasteiger partial charge in [-0.3, -0.25) is 5.41 Å². The number of rotatable bonds is 8. The van der Waals surface area contributed by atoms with Crippen molar-refractivity contribution in [1.29, 1.82) is 5.41 Å². The fourth-order valence-corrected chi connectivity index (χ4v) is 2.23. The molecule has 0 radical (unpaired) electrons. The third kappa shape index (κ3) is 5.75. The number of hydrogen-bond donors (Lipinski definition) is 2. The van der Waals surface area contributed by atoms with Crippen LogP contribution in [0.4, 0.5) is 0 Å². The van der Waals surface area contributed by atoms with Crippen molar-refractivity contribution in [3.63, 3.8) is 0 Å². The molecule has 1 unspecified atom stereocenters. The van der Waals surface area contributed by atoms with Crippen LogP contribution in [0.5, 0.6) is 0 Å². The molecule has 0 rings (SSSR count). The third-order valence-electron chi connectivity index (χ3n) is 3.20. The zero-order chi connectivity index (χ0) is 12.8. The molecular weight excluding hydrogens is 218 g/mol. The normalized spacial score (nSPS) is 14.1. The Morgan fingerprint density at radius 3 is 2.50 bits per heavy atom. The van der Waals surface area contributed by atoms with Crippen LogP contribution in [0.1, 0.15) is 33.6 Å². The second kappa shape index (κ2) is 7.17. The van der Waals surface area contributed by atoms with Gasteiger partial charge in [0.15, 0.2) is 0 Å². The molecule has 96 valence electrons. The van der Waals surface area contributed by atoms with Gasteiger partial charge < -0.3 is 10.6 Å². The summed E-state index contributed by atoms with van der Waals surface area (Å²) in [6.07, 6.45) is 4.23. The fraction of sp³-hybridized carbons (Fsp3) is 0.917. The largest absolute Gasteiger partial charge is 0.387 e. The highest BCUT2D eigenvalue weighted by molar-refractivity contribution is 7.98. The number of nitrogens with zero attached hydrogens (tertiary/aromatic N) is 1. The van der Waals surface area contributed by atoms with Gasteiger partial charge in [-0.15, -0.1) is 0 Å². The summed E-state index contributed by atoms with van der Waals surface area (Å²) in [7, 11) is 2.17. The van der Waals surface area contributed by atoms with Crippen molar-refractivity contribution in [2.45, 2.75) is 39.7 Å². The first kappa shape index (κ1) is 15.8. The van der Waals surface area contributed by atoms with Gasteiger partial charge in [0.05, 0.1) is 5.84 Å². The van der Waals surface area contributed by atoms with Crippen molar-refractivity contribution in [3.8, 4) is 0 Å². The van der Waals surface area contributed by atoms with E-state index >= 15 is 0 Å². The summed E-state index contributed by atoms with van der Waals surface area (Å²) in [5.41, 5.74) is 5.41. The monoisotopic (exact) mass is 245 g/mol. The summed E-state index contributed by atoms with van der Waals surface area (Å²) in [5, 5.41) is 7.49. The van der Waals surface area contributed by atoms with Gasteiger partial charge >= 0.3 is 0 Å². The number of thioether (sulfide) groups is 1. The molecule has 0 aliphatic rings. The summed E-state index contributed by atoms with van der Waals surface area (Å²) < 4.78 is 0. The minimum absolute atomic E-state index is 0.149. The van der Waals surface area contributed by atoms with Gasteiger partial charge in [0.2, 0.25) is 0 Å². The standard InChI is InChI=1S/C12H27N3S/c1-10(9-16-5)15(4)8-6-7-12(2,3)11(13)14/h10H,6-9H2,1-5H3,(H3,13,14). The topological polar surface area (TPSA) is 53.1 Å². The van der Waals surface area contributed by atoms with Crippen LogP contribution in [0, 0.1) is 10.8 Å². The predicted octanol–water partition coefficient (Wildman–Crippen LogP) is 2.41. The van der Waals surface area contributed by atoms with Crippen molar-refractivity contribution in [1.82, 2.24) is 4.90 Å². The van der Waals surface area contributed by atoms with Crippen molar-refractivity contribution in [2.75, 3.05) is 25.6 Å². The lowest BCUT2D eigenvalue weighted by atomic mass is 9.86. The maximum absolute atomic E-state index is 7.49. The van der Waals surface area contributed by atoms with Crippen LogP contribution in [0.2, 0.25) is 0 Å². The second-order valence-electron chi connectivity index (χ2n) is 5.19. The minimum atomic E-state index is -0.149. The van der Waals surface area contributed by atoms with Gasteiger partial charge in [-0.05, 0) is 39.6 Å². The molecular formula is C12H27N3S. The molecule has 0 amide bonds. The lowest BCUT2D eigenvalue weighted by molar-refractivity contribution is 0.261. The van der Waals surface area contributed by atoms with E-state index in [1.807, 2.05) is 25.6 Å². The molecule has 0 saturated carbocycles. The van der Waals surface area contributed by atoms with Crippen molar-refractivity contribution in [2.24, 2.45) is 11.1 Å². The van der Waals surface area contributed by atoms with Gasteiger partial charge in [-0.25, -0.2) is 0 Å². The number of nitrogens with one attached hydrogen (secondary N) is 1. The molecule has 4 heteroatoms. The number of hydrogen-bond acceptors (Lipinski definition) is 3. The molecule has 3 nitrogen and oxygen atoms in total. The Morgan fingerprint density at radius 2 is 2.06 bits per heavy atom. The van der Waals surface area contributed by atoms with E-state index in [0.29, 0.717) is 11.9 Å². The Kier molecular flexibility index (Phi) is 7.07. The van der Waals surface area contributed by atoms with E-state index in [4.69, 9.17) is 11.1 Å². The van der Waals surface area contributed by atoms with E-state index in [1.54, 1.807) is 0 Å². The lowest BCUT2D eigenvalue weighted by Crippen LogP contribution is -2.34. The summed E-state index contributed by atoms with van der Waals surface area (Å²) in [5.74, 6) is 1.47. The van der Waals surface area contributed by atoms with Gasteiger partial charge in [0.25, 0.3) is 0 Å². The Balaban J connectivity index is 3.85. The summed E-state index contributed by atoms with van der Waals surface area (Å²) in [6, 6.07) is 0.621. The maximum atomic E-state index is 7.49. The van der Waals surface area contributed by atoms with Gasteiger partial charge in [0, 0.05) is 17.2 Å². The molecule has 0 aromatic rings. The van der Waals surface area contributed by atoms with E-state index in [1.165, 1.54) is 5.75 Å². The molecule has 0 saturated heterocycles. The van der Waals surface area contributed by atoms with E-state index in [2.05, 4.69) is 25.1 Å². The van der Waals surface area contributed by atoms with E-state index < -0.39 is 0 Å². The molecule has 3 N–H and O–H groups in total. The molecule has 1 atom stereocenters. The van der Waals surface area contributed by atoms with E-state index in [9.17, 15) is 0 Å². The second-order valence-corrected chi connectivity index (χ2v) is 6.10. The molecule has 0 spiro atoms. The van der Waals surface area contributed by atoms with Crippen LogP contribution in [0.15, 0.2) is 0 Å². The summed E-state index contributed by atoms with van der Waals surface area (Å²) in [6.45, 7) is 7.42. The molecule has 0 fully saturated rings. The molecule has 0 heterocycles. The van der Waals surface area contributed by atoms with Crippen molar-refractivity contribution in [3.05, 3.63) is 0 Å². The van der Waals surface area contributed by atoms with Crippen LogP contribution >= 0.6 is 11.8 Å². The lowest BCUT2D eigenvalue weighted by Gasteiger charge is -2.27. The smallest absolute Gasteiger partial charge is 0.0963 e. The van der Waals surface area contributed by atoms with Crippen molar-refractivity contribution < 1.29 is 0 Å². The first-order valence-electron chi connectivity index (χ1n) is 5.85. The highest BCUT2D eigenvalue weighted by atomic mass is 32.2.